The van der Waals surface area contributed by atoms with E-state index in [1.54, 1.807) is 0 Å². The van der Waals surface area contributed by atoms with Gasteiger partial charge in [-0.05, 0) is 24.9 Å². The Balaban J connectivity index is 2.14. The minimum atomic E-state index is -0.279. The second-order valence-corrected chi connectivity index (χ2v) is 5.89. The van der Waals surface area contributed by atoms with Crippen molar-refractivity contribution in [3.63, 3.8) is 0 Å². The lowest BCUT2D eigenvalue weighted by Gasteiger charge is -2.33. The molecule has 1 aromatic carbocycles. The Kier molecular flexibility index (Phi) is 5.76. The van der Waals surface area contributed by atoms with Gasteiger partial charge in [-0.15, -0.1) is 0 Å². The topological polar surface area (TPSA) is 52.6 Å². The van der Waals surface area contributed by atoms with Gasteiger partial charge in [0.15, 0.2) is 0 Å². The Morgan fingerprint density at radius 2 is 2.14 bits per heavy atom. The summed E-state index contributed by atoms with van der Waals surface area (Å²) in [6.07, 6.45) is 2.82. The van der Waals surface area contributed by atoms with Gasteiger partial charge in [-0.2, -0.15) is 0 Å². The summed E-state index contributed by atoms with van der Waals surface area (Å²) in [4.78, 5) is 14.8. The van der Waals surface area contributed by atoms with Crippen molar-refractivity contribution in [3.8, 4) is 0 Å². The van der Waals surface area contributed by atoms with Crippen molar-refractivity contribution in [2.75, 3.05) is 26.2 Å². The van der Waals surface area contributed by atoms with Crippen molar-refractivity contribution in [2.45, 2.75) is 32.7 Å². The van der Waals surface area contributed by atoms with Gasteiger partial charge < -0.3 is 15.3 Å². The summed E-state index contributed by atoms with van der Waals surface area (Å²) in [6.45, 7) is 4.78. The van der Waals surface area contributed by atoms with Gasteiger partial charge in [0.2, 0.25) is 5.91 Å². The first kappa shape index (κ1) is 16.0. The van der Waals surface area contributed by atoms with Crippen LogP contribution in [0.3, 0.4) is 0 Å². The van der Waals surface area contributed by atoms with E-state index in [-0.39, 0.29) is 17.9 Å². The van der Waals surface area contributed by atoms with Crippen LogP contribution in [0.15, 0.2) is 30.3 Å². The highest BCUT2D eigenvalue weighted by Gasteiger charge is 2.42. The number of carbonyl (C=O) groups excluding carboxylic acids is 1. The van der Waals surface area contributed by atoms with Crippen molar-refractivity contribution >= 4 is 5.91 Å². The molecular formula is C17H26N2O2. The summed E-state index contributed by atoms with van der Waals surface area (Å²) >= 11 is 0. The molecule has 1 aromatic rings. The molecule has 0 aliphatic carbocycles. The molecule has 2 rings (SSSR count). The Morgan fingerprint density at radius 3 is 2.71 bits per heavy atom. The van der Waals surface area contributed by atoms with Crippen LogP contribution in [0, 0.1) is 5.41 Å². The predicted octanol–water partition coefficient (Wildman–Crippen LogP) is 1.79. The van der Waals surface area contributed by atoms with Crippen LogP contribution in [-0.4, -0.2) is 42.2 Å². The average molecular weight is 290 g/mol. The van der Waals surface area contributed by atoms with E-state index in [1.807, 2.05) is 35.2 Å². The highest BCUT2D eigenvalue weighted by atomic mass is 16.3. The molecule has 1 amide bonds. The SMILES string of the molecule is CCCC1(C(=O)N(CCO)Cc2ccccc2)CCNC1. The zero-order chi connectivity index (χ0) is 15.1. The van der Waals surface area contributed by atoms with Crippen LogP contribution >= 0.6 is 0 Å². The molecule has 1 unspecified atom stereocenters. The summed E-state index contributed by atoms with van der Waals surface area (Å²) in [5, 5.41) is 12.6. The quantitative estimate of drug-likeness (QED) is 0.805. The van der Waals surface area contributed by atoms with E-state index >= 15 is 0 Å². The summed E-state index contributed by atoms with van der Waals surface area (Å²) in [6, 6.07) is 9.99. The maximum atomic E-state index is 13.0. The summed E-state index contributed by atoms with van der Waals surface area (Å²) < 4.78 is 0. The Morgan fingerprint density at radius 1 is 1.38 bits per heavy atom. The van der Waals surface area contributed by atoms with E-state index in [0.29, 0.717) is 13.1 Å². The van der Waals surface area contributed by atoms with Crippen molar-refractivity contribution in [1.82, 2.24) is 10.2 Å². The highest BCUT2D eigenvalue weighted by molar-refractivity contribution is 5.83. The number of aliphatic hydroxyl groups is 1. The van der Waals surface area contributed by atoms with E-state index in [9.17, 15) is 9.90 Å². The standard InChI is InChI=1S/C17H26N2O2/c1-2-8-17(9-10-18-14-17)16(21)19(11-12-20)13-15-6-4-3-5-7-15/h3-7,18,20H,2,8-14H2,1H3. The smallest absolute Gasteiger partial charge is 0.230 e. The Labute approximate surface area is 127 Å². The second kappa shape index (κ2) is 7.57. The number of benzene rings is 1. The molecule has 0 radical (unpaired) electrons. The van der Waals surface area contributed by atoms with Crippen LogP contribution in [0.25, 0.3) is 0 Å². The third-order valence-electron chi connectivity index (χ3n) is 4.30. The fraction of sp³-hybridized carbons (Fsp3) is 0.588. The molecule has 1 atom stereocenters. The van der Waals surface area contributed by atoms with Gasteiger partial charge in [-0.3, -0.25) is 4.79 Å². The molecular weight excluding hydrogens is 264 g/mol. The maximum absolute atomic E-state index is 13.0. The van der Waals surface area contributed by atoms with Crippen LogP contribution in [0.5, 0.6) is 0 Å². The molecule has 1 saturated heterocycles. The predicted molar refractivity (Wildman–Crippen MR) is 83.8 cm³/mol. The first-order valence-corrected chi connectivity index (χ1v) is 7.87. The van der Waals surface area contributed by atoms with Gasteiger partial charge in [-0.1, -0.05) is 43.7 Å². The molecule has 1 heterocycles. The molecule has 1 fully saturated rings. The molecule has 4 heteroatoms. The average Bonchev–Trinajstić information content (AvgIpc) is 2.97. The largest absolute Gasteiger partial charge is 0.395 e. The molecule has 1 aliphatic rings. The summed E-state index contributed by atoms with van der Waals surface area (Å²) in [5.41, 5.74) is 0.829. The van der Waals surface area contributed by atoms with Gasteiger partial charge in [0.05, 0.1) is 12.0 Å². The molecule has 0 aromatic heterocycles. The van der Waals surface area contributed by atoms with E-state index in [0.717, 1.165) is 37.9 Å². The minimum absolute atomic E-state index is 0.00814. The van der Waals surface area contributed by atoms with Crippen molar-refractivity contribution < 1.29 is 9.90 Å². The second-order valence-electron chi connectivity index (χ2n) is 5.89. The van der Waals surface area contributed by atoms with Crippen molar-refractivity contribution in [2.24, 2.45) is 5.41 Å². The van der Waals surface area contributed by atoms with Gasteiger partial charge in [0.1, 0.15) is 0 Å². The molecule has 0 bridgehead atoms. The van der Waals surface area contributed by atoms with Gasteiger partial charge in [0.25, 0.3) is 0 Å². The normalized spacial score (nSPS) is 21.4. The fourth-order valence-electron chi connectivity index (χ4n) is 3.24. The van der Waals surface area contributed by atoms with Crippen LogP contribution in [0.2, 0.25) is 0 Å². The zero-order valence-corrected chi connectivity index (χ0v) is 12.8. The molecule has 0 spiro atoms. The molecule has 1 aliphatic heterocycles. The molecule has 0 saturated carbocycles. The number of hydrogen-bond donors (Lipinski definition) is 2. The number of nitrogens with one attached hydrogen (secondary N) is 1. The number of aliphatic hydroxyl groups excluding tert-OH is 1. The lowest BCUT2D eigenvalue weighted by atomic mass is 9.81. The van der Waals surface area contributed by atoms with Crippen LogP contribution in [-0.2, 0) is 11.3 Å². The van der Waals surface area contributed by atoms with E-state index in [2.05, 4.69) is 12.2 Å². The maximum Gasteiger partial charge on any atom is 0.230 e. The summed E-state index contributed by atoms with van der Waals surface area (Å²) in [7, 11) is 0. The van der Waals surface area contributed by atoms with Gasteiger partial charge in [-0.25, -0.2) is 0 Å². The van der Waals surface area contributed by atoms with Gasteiger partial charge >= 0.3 is 0 Å². The number of rotatable bonds is 7. The van der Waals surface area contributed by atoms with E-state index in [4.69, 9.17) is 0 Å². The first-order valence-electron chi connectivity index (χ1n) is 7.87. The lowest BCUT2D eigenvalue weighted by Crippen LogP contribution is -2.46. The fourth-order valence-corrected chi connectivity index (χ4v) is 3.24. The molecule has 116 valence electrons. The third-order valence-corrected chi connectivity index (χ3v) is 4.30. The van der Waals surface area contributed by atoms with Crippen molar-refractivity contribution in [1.29, 1.82) is 0 Å². The van der Waals surface area contributed by atoms with Gasteiger partial charge in [0, 0.05) is 19.6 Å². The van der Waals surface area contributed by atoms with E-state index in [1.165, 1.54) is 0 Å². The highest BCUT2D eigenvalue weighted by Crippen LogP contribution is 2.33. The van der Waals surface area contributed by atoms with Crippen LogP contribution in [0.4, 0.5) is 0 Å². The number of hydrogen-bond acceptors (Lipinski definition) is 3. The number of nitrogens with zero attached hydrogens (tertiary/aromatic N) is 1. The molecule has 2 N–H and O–H groups in total. The number of amides is 1. The van der Waals surface area contributed by atoms with E-state index < -0.39 is 0 Å². The monoisotopic (exact) mass is 290 g/mol. The van der Waals surface area contributed by atoms with Crippen LogP contribution < -0.4 is 5.32 Å². The Hall–Kier alpha value is -1.39. The summed E-state index contributed by atoms with van der Waals surface area (Å²) in [5.74, 6) is 0.187. The third kappa shape index (κ3) is 3.83. The van der Waals surface area contributed by atoms with Crippen molar-refractivity contribution in [3.05, 3.63) is 35.9 Å². The first-order chi connectivity index (χ1) is 10.2. The zero-order valence-electron chi connectivity index (χ0n) is 12.8. The minimum Gasteiger partial charge on any atom is -0.395 e. The molecule has 21 heavy (non-hydrogen) atoms. The molecule has 4 nitrogen and oxygen atoms in total. The van der Waals surface area contributed by atoms with Crippen LogP contribution in [0.1, 0.15) is 31.7 Å². The Bertz CT molecular complexity index is 441. The lowest BCUT2D eigenvalue weighted by molar-refractivity contribution is -0.142. The number of carbonyl (C=O) groups is 1.